The lowest BCUT2D eigenvalue weighted by Gasteiger charge is -2.31. The van der Waals surface area contributed by atoms with Crippen molar-refractivity contribution < 1.29 is 9.53 Å². The van der Waals surface area contributed by atoms with Gasteiger partial charge in [0.25, 0.3) is 0 Å². The summed E-state index contributed by atoms with van der Waals surface area (Å²) in [5, 5.41) is 4.51. The first kappa shape index (κ1) is 23.1. The zero-order valence-electron chi connectivity index (χ0n) is 20.3. The van der Waals surface area contributed by atoms with Gasteiger partial charge in [-0.3, -0.25) is 9.69 Å². The van der Waals surface area contributed by atoms with Crippen LogP contribution in [-0.2, 0) is 24.8 Å². The summed E-state index contributed by atoms with van der Waals surface area (Å²) in [6.45, 7) is 4.35. The molecule has 0 N–H and O–H groups in total. The molecule has 1 aliphatic rings. The molecular weight excluding hydrogens is 412 g/mol. The van der Waals surface area contributed by atoms with Gasteiger partial charge in [0, 0.05) is 34.2 Å². The van der Waals surface area contributed by atoms with Gasteiger partial charge in [0.1, 0.15) is 0 Å². The molecule has 1 fully saturated rings. The van der Waals surface area contributed by atoms with Gasteiger partial charge in [0.05, 0.1) is 23.8 Å². The Morgan fingerprint density at radius 1 is 1.09 bits per heavy atom. The van der Waals surface area contributed by atoms with E-state index in [-0.39, 0.29) is 5.91 Å². The van der Waals surface area contributed by atoms with E-state index in [9.17, 15) is 4.79 Å². The summed E-state index contributed by atoms with van der Waals surface area (Å²) in [5.74, 6) is 0.993. The molecule has 1 amide bonds. The number of aromatic nitrogens is 2. The minimum Gasteiger partial charge on any atom is -0.481 e. The lowest BCUT2D eigenvalue weighted by Crippen LogP contribution is -2.43. The van der Waals surface area contributed by atoms with Crippen LogP contribution in [-0.4, -0.2) is 59.8 Å². The molecular formula is C27H34N4O2. The molecule has 1 saturated heterocycles. The Hall–Kier alpha value is -3.12. The lowest BCUT2D eigenvalue weighted by molar-refractivity contribution is -0.138. The summed E-state index contributed by atoms with van der Waals surface area (Å²) in [4.78, 5) is 17.5. The molecule has 0 saturated carbocycles. The smallest absolute Gasteiger partial charge is 0.229 e. The normalized spacial score (nSPS) is 18.5. The first-order valence-electron chi connectivity index (χ1n) is 11.5. The number of aryl methyl sites for hydroxylation is 2. The quantitative estimate of drug-likeness (QED) is 0.552. The van der Waals surface area contributed by atoms with E-state index in [1.165, 1.54) is 16.7 Å². The molecule has 2 heterocycles. The summed E-state index contributed by atoms with van der Waals surface area (Å²) in [7, 11) is 7.31. The average molecular weight is 447 g/mol. The molecule has 6 nitrogen and oxygen atoms in total. The highest BCUT2D eigenvalue weighted by Gasteiger charge is 2.45. The Morgan fingerprint density at radius 2 is 1.76 bits per heavy atom. The molecule has 0 unspecified atom stereocenters. The molecule has 174 valence electrons. The van der Waals surface area contributed by atoms with Gasteiger partial charge in [-0.1, -0.05) is 54.6 Å². The molecule has 0 aliphatic carbocycles. The van der Waals surface area contributed by atoms with E-state index >= 15 is 0 Å². The third-order valence-corrected chi connectivity index (χ3v) is 6.76. The molecule has 1 aliphatic heterocycles. The second-order valence-electron chi connectivity index (χ2n) is 9.38. The number of ether oxygens (including phenoxy) is 1. The number of rotatable bonds is 7. The predicted molar refractivity (Wildman–Crippen MR) is 131 cm³/mol. The summed E-state index contributed by atoms with van der Waals surface area (Å²) in [6, 6.07) is 19.0. The van der Waals surface area contributed by atoms with Crippen molar-refractivity contribution in [2.24, 2.45) is 12.5 Å². The third-order valence-electron chi connectivity index (χ3n) is 6.76. The van der Waals surface area contributed by atoms with Crippen molar-refractivity contribution in [1.82, 2.24) is 19.6 Å². The highest BCUT2D eigenvalue weighted by Crippen LogP contribution is 2.38. The van der Waals surface area contributed by atoms with E-state index in [4.69, 9.17) is 4.74 Å². The van der Waals surface area contributed by atoms with Gasteiger partial charge in [-0.05, 0) is 43.0 Å². The van der Waals surface area contributed by atoms with Crippen LogP contribution in [0.4, 0.5) is 0 Å². The maximum Gasteiger partial charge on any atom is 0.229 e. The van der Waals surface area contributed by atoms with Crippen molar-refractivity contribution in [1.29, 1.82) is 0 Å². The van der Waals surface area contributed by atoms with Crippen molar-refractivity contribution in [3.63, 3.8) is 0 Å². The van der Waals surface area contributed by atoms with E-state index in [1.807, 2.05) is 34.1 Å². The number of hydrogen-bond acceptors (Lipinski definition) is 4. The molecule has 3 aromatic rings. The number of benzene rings is 2. The molecule has 0 bridgehead atoms. The van der Waals surface area contributed by atoms with Crippen LogP contribution >= 0.6 is 0 Å². The van der Waals surface area contributed by atoms with Crippen molar-refractivity contribution in [2.75, 3.05) is 34.3 Å². The second kappa shape index (κ2) is 9.40. The molecule has 6 heteroatoms. The Balaban J connectivity index is 1.55. The highest BCUT2D eigenvalue weighted by molar-refractivity contribution is 5.83. The van der Waals surface area contributed by atoms with Crippen LogP contribution in [0, 0.1) is 12.3 Å². The molecule has 1 aromatic heterocycles. The van der Waals surface area contributed by atoms with Crippen molar-refractivity contribution >= 4 is 5.91 Å². The fraction of sp³-hybridized carbons (Fsp3) is 0.407. The van der Waals surface area contributed by atoms with E-state index in [2.05, 4.69) is 58.5 Å². The van der Waals surface area contributed by atoms with E-state index in [1.54, 1.807) is 16.7 Å². The van der Waals surface area contributed by atoms with Crippen molar-refractivity contribution in [2.45, 2.75) is 26.3 Å². The Kier molecular flexibility index (Phi) is 6.56. The van der Waals surface area contributed by atoms with E-state index in [0.717, 1.165) is 49.6 Å². The second-order valence-corrected chi connectivity index (χ2v) is 9.38. The van der Waals surface area contributed by atoms with Crippen LogP contribution in [0.25, 0.3) is 11.1 Å². The van der Waals surface area contributed by atoms with Gasteiger partial charge in [-0.2, -0.15) is 5.10 Å². The number of carbonyl (C=O) groups is 1. The maximum absolute atomic E-state index is 13.4. The Morgan fingerprint density at radius 3 is 2.39 bits per heavy atom. The lowest BCUT2D eigenvalue weighted by atomic mass is 9.79. The molecule has 4 rings (SSSR count). The summed E-state index contributed by atoms with van der Waals surface area (Å²) >= 11 is 0. The van der Waals surface area contributed by atoms with E-state index in [0.29, 0.717) is 0 Å². The van der Waals surface area contributed by atoms with Crippen LogP contribution in [0.15, 0.2) is 54.6 Å². The van der Waals surface area contributed by atoms with Crippen molar-refractivity contribution in [3.05, 3.63) is 71.4 Å². The van der Waals surface area contributed by atoms with Gasteiger partial charge in [-0.15, -0.1) is 0 Å². The first-order valence-corrected chi connectivity index (χ1v) is 11.5. The van der Waals surface area contributed by atoms with Crippen LogP contribution in [0.3, 0.4) is 0 Å². The predicted octanol–water partition coefficient (Wildman–Crippen LogP) is 3.93. The minimum atomic E-state index is -0.429. The summed E-state index contributed by atoms with van der Waals surface area (Å²) < 4.78 is 7.37. The zero-order chi connectivity index (χ0) is 23.6. The van der Waals surface area contributed by atoms with Crippen LogP contribution < -0.4 is 4.74 Å². The molecule has 33 heavy (non-hydrogen) atoms. The fourth-order valence-electron chi connectivity index (χ4n) is 5.14. The maximum atomic E-state index is 13.4. The molecule has 0 spiro atoms. The SMILES string of the molecule is COc1c(CN2CC[C@@](Cc3ccc(-c4ccccc4)cc3)(C(=O)N(C)C)C2)c(C)nn1C. The summed E-state index contributed by atoms with van der Waals surface area (Å²) in [6.07, 6.45) is 1.57. The Bertz CT molecular complexity index is 1110. The van der Waals surface area contributed by atoms with Gasteiger partial charge in [0.2, 0.25) is 11.8 Å². The van der Waals surface area contributed by atoms with E-state index < -0.39 is 5.41 Å². The Labute approximate surface area is 196 Å². The van der Waals surface area contributed by atoms with Gasteiger partial charge >= 0.3 is 0 Å². The number of carbonyl (C=O) groups excluding carboxylic acids is 1. The molecule has 1 atom stereocenters. The van der Waals surface area contributed by atoms with Gasteiger partial charge in [-0.25, -0.2) is 4.68 Å². The highest BCUT2D eigenvalue weighted by atomic mass is 16.5. The van der Waals surface area contributed by atoms with Crippen LogP contribution in [0.1, 0.15) is 23.2 Å². The number of nitrogens with zero attached hydrogens (tertiary/aromatic N) is 4. The largest absolute Gasteiger partial charge is 0.481 e. The minimum absolute atomic E-state index is 0.201. The number of likely N-dealkylation sites (tertiary alicyclic amines) is 1. The van der Waals surface area contributed by atoms with Gasteiger partial charge < -0.3 is 9.64 Å². The topological polar surface area (TPSA) is 50.6 Å². The summed E-state index contributed by atoms with van der Waals surface area (Å²) in [5.41, 5.74) is 5.24. The monoisotopic (exact) mass is 446 g/mol. The van der Waals surface area contributed by atoms with Crippen LogP contribution in [0.5, 0.6) is 5.88 Å². The fourth-order valence-corrected chi connectivity index (χ4v) is 5.14. The van der Waals surface area contributed by atoms with Gasteiger partial charge in [0.15, 0.2) is 0 Å². The molecule has 0 radical (unpaired) electrons. The van der Waals surface area contributed by atoms with Crippen LogP contribution in [0.2, 0.25) is 0 Å². The van der Waals surface area contributed by atoms with Crippen molar-refractivity contribution in [3.8, 4) is 17.0 Å². The zero-order valence-corrected chi connectivity index (χ0v) is 20.3. The number of amides is 1. The molecule has 2 aromatic carbocycles. The number of hydrogen-bond donors (Lipinski definition) is 0. The standard InChI is InChI=1S/C27H34N4O2/c1-20-24(25(33-5)30(4)28-20)18-31-16-15-27(19-31,26(32)29(2)3)17-21-11-13-23(14-12-21)22-9-7-6-8-10-22/h6-14H,15-19H2,1-5H3/t27-/m0/s1. The number of methoxy groups -OCH3 is 1. The average Bonchev–Trinajstić information content (AvgIpc) is 3.34. The first-order chi connectivity index (χ1) is 15.8. The third kappa shape index (κ3) is 4.67.